The van der Waals surface area contributed by atoms with Gasteiger partial charge in [-0.1, -0.05) is 13.3 Å². The van der Waals surface area contributed by atoms with Crippen LogP contribution in [0.4, 0.5) is 0 Å². The second kappa shape index (κ2) is 7.11. The lowest BCUT2D eigenvalue weighted by Crippen LogP contribution is -2.57. The normalized spacial score (nSPS) is 16.2. The second-order valence-electron chi connectivity index (χ2n) is 4.89. The van der Waals surface area contributed by atoms with Crippen LogP contribution in [0.1, 0.15) is 33.6 Å². The van der Waals surface area contributed by atoms with Gasteiger partial charge in [-0.2, -0.15) is 0 Å². The van der Waals surface area contributed by atoms with Crippen molar-refractivity contribution in [2.75, 3.05) is 26.2 Å². The highest BCUT2D eigenvalue weighted by molar-refractivity contribution is 6.35. The topological polar surface area (TPSA) is 66.9 Å². The van der Waals surface area contributed by atoms with Gasteiger partial charge in [0.15, 0.2) is 0 Å². The van der Waals surface area contributed by atoms with E-state index >= 15 is 0 Å². The Hall–Kier alpha value is -1.59. The average molecular weight is 270 g/mol. The fourth-order valence-corrected chi connectivity index (χ4v) is 1.87. The second-order valence-corrected chi connectivity index (χ2v) is 4.89. The van der Waals surface area contributed by atoms with Gasteiger partial charge in [-0.3, -0.25) is 14.4 Å². The zero-order valence-electron chi connectivity index (χ0n) is 11.8. The van der Waals surface area contributed by atoms with Crippen LogP contribution < -0.4 is 0 Å². The molecule has 6 heteroatoms. The largest absolute Gasteiger partial charge is 0.464 e. The molecule has 19 heavy (non-hydrogen) atoms. The maximum atomic E-state index is 11.8. The molecule has 108 valence electrons. The SMILES string of the molecule is CCCCOC(=O)CN1CCN(C(C)C)C(=O)C1=O. The lowest BCUT2D eigenvalue weighted by molar-refractivity contribution is -0.160. The van der Waals surface area contributed by atoms with Crippen molar-refractivity contribution in [3.8, 4) is 0 Å². The zero-order chi connectivity index (χ0) is 14.4. The first-order valence-electron chi connectivity index (χ1n) is 6.72. The van der Waals surface area contributed by atoms with E-state index in [4.69, 9.17) is 4.74 Å². The van der Waals surface area contributed by atoms with E-state index in [-0.39, 0.29) is 12.6 Å². The third-order valence-electron chi connectivity index (χ3n) is 3.05. The van der Waals surface area contributed by atoms with Gasteiger partial charge in [-0.25, -0.2) is 0 Å². The number of amides is 2. The molecule has 1 rings (SSSR count). The molecule has 0 atom stereocenters. The van der Waals surface area contributed by atoms with Gasteiger partial charge in [0, 0.05) is 19.1 Å². The Balaban J connectivity index is 2.46. The summed E-state index contributed by atoms with van der Waals surface area (Å²) in [6.45, 7) is 6.79. The quantitative estimate of drug-likeness (QED) is 0.398. The summed E-state index contributed by atoms with van der Waals surface area (Å²) in [6, 6.07) is -0.00453. The standard InChI is InChI=1S/C13H22N2O4/c1-4-5-8-19-11(16)9-14-6-7-15(10(2)3)13(18)12(14)17/h10H,4-9H2,1-3H3. The highest BCUT2D eigenvalue weighted by Gasteiger charge is 2.34. The molecule has 6 nitrogen and oxygen atoms in total. The molecule has 0 spiro atoms. The van der Waals surface area contributed by atoms with Gasteiger partial charge in [-0.05, 0) is 20.3 Å². The third-order valence-corrected chi connectivity index (χ3v) is 3.05. The molecule has 0 aromatic heterocycles. The molecule has 2 amide bonds. The minimum atomic E-state index is -0.618. The maximum Gasteiger partial charge on any atom is 0.325 e. The van der Waals surface area contributed by atoms with Crippen LogP contribution in [0.3, 0.4) is 0 Å². The summed E-state index contributed by atoms with van der Waals surface area (Å²) in [5.41, 5.74) is 0. The Morgan fingerprint density at radius 3 is 2.53 bits per heavy atom. The number of hydrogen-bond donors (Lipinski definition) is 0. The zero-order valence-corrected chi connectivity index (χ0v) is 11.8. The van der Waals surface area contributed by atoms with Gasteiger partial charge < -0.3 is 14.5 Å². The van der Waals surface area contributed by atoms with Gasteiger partial charge in [0.1, 0.15) is 6.54 Å². The third kappa shape index (κ3) is 4.22. The van der Waals surface area contributed by atoms with E-state index in [1.54, 1.807) is 0 Å². The highest BCUT2D eigenvalue weighted by Crippen LogP contribution is 2.08. The maximum absolute atomic E-state index is 11.8. The fourth-order valence-electron chi connectivity index (χ4n) is 1.87. The van der Waals surface area contributed by atoms with Gasteiger partial charge in [0.25, 0.3) is 0 Å². The molecule has 1 aliphatic rings. The Morgan fingerprint density at radius 2 is 1.95 bits per heavy atom. The Kier molecular flexibility index (Phi) is 5.79. The van der Waals surface area contributed by atoms with E-state index in [0.717, 1.165) is 12.8 Å². The number of carbonyl (C=O) groups excluding carboxylic acids is 3. The van der Waals surface area contributed by atoms with Crippen molar-refractivity contribution in [2.45, 2.75) is 39.7 Å². The first-order valence-corrected chi connectivity index (χ1v) is 6.72. The van der Waals surface area contributed by atoms with E-state index in [2.05, 4.69) is 0 Å². The Morgan fingerprint density at radius 1 is 1.26 bits per heavy atom. The molecule has 0 aliphatic carbocycles. The molecule has 0 aromatic rings. The van der Waals surface area contributed by atoms with Crippen molar-refractivity contribution in [3.05, 3.63) is 0 Å². The van der Waals surface area contributed by atoms with Crippen molar-refractivity contribution in [1.29, 1.82) is 0 Å². The van der Waals surface area contributed by atoms with Gasteiger partial charge in [-0.15, -0.1) is 0 Å². The van der Waals surface area contributed by atoms with E-state index in [9.17, 15) is 14.4 Å². The summed E-state index contributed by atoms with van der Waals surface area (Å²) < 4.78 is 4.99. The van der Waals surface area contributed by atoms with Crippen LogP contribution in [-0.4, -0.2) is 59.9 Å². The molecule has 0 N–H and O–H groups in total. The minimum Gasteiger partial charge on any atom is -0.464 e. The molecule has 0 aromatic carbocycles. The molecule has 1 aliphatic heterocycles. The summed E-state index contributed by atoms with van der Waals surface area (Å²) in [5, 5.41) is 0. The summed E-state index contributed by atoms with van der Waals surface area (Å²) in [7, 11) is 0. The van der Waals surface area contributed by atoms with Crippen LogP contribution in [0.15, 0.2) is 0 Å². The van der Waals surface area contributed by atoms with E-state index in [1.807, 2.05) is 20.8 Å². The van der Waals surface area contributed by atoms with Crippen molar-refractivity contribution in [3.63, 3.8) is 0 Å². The Labute approximate surface area is 113 Å². The van der Waals surface area contributed by atoms with Crippen LogP contribution in [0, 0.1) is 0 Å². The first kappa shape index (κ1) is 15.5. The number of esters is 1. The summed E-state index contributed by atoms with van der Waals surface area (Å²) in [6.07, 6.45) is 1.75. The number of piperazine rings is 1. The van der Waals surface area contributed by atoms with Crippen molar-refractivity contribution >= 4 is 17.8 Å². The van der Waals surface area contributed by atoms with E-state index < -0.39 is 17.8 Å². The minimum absolute atomic E-state index is 0.00453. The highest BCUT2D eigenvalue weighted by atomic mass is 16.5. The van der Waals surface area contributed by atoms with Gasteiger partial charge >= 0.3 is 17.8 Å². The lowest BCUT2D eigenvalue weighted by atomic mass is 10.2. The van der Waals surface area contributed by atoms with Crippen LogP contribution in [0.25, 0.3) is 0 Å². The van der Waals surface area contributed by atoms with Crippen molar-refractivity contribution in [1.82, 2.24) is 9.80 Å². The molecular weight excluding hydrogens is 248 g/mol. The number of rotatable bonds is 6. The predicted octanol–water partition coefficient (Wildman–Crippen LogP) is 0.409. The van der Waals surface area contributed by atoms with Gasteiger partial charge in [0.05, 0.1) is 6.61 Å². The molecule has 0 saturated carbocycles. The molecular formula is C13H22N2O4. The molecule has 0 unspecified atom stereocenters. The number of ether oxygens (including phenoxy) is 1. The van der Waals surface area contributed by atoms with Crippen molar-refractivity contribution < 1.29 is 19.1 Å². The smallest absolute Gasteiger partial charge is 0.325 e. The molecule has 1 saturated heterocycles. The average Bonchev–Trinajstić information content (AvgIpc) is 2.35. The van der Waals surface area contributed by atoms with Gasteiger partial charge in [0.2, 0.25) is 0 Å². The molecule has 1 heterocycles. The van der Waals surface area contributed by atoms with E-state index in [0.29, 0.717) is 19.7 Å². The lowest BCUT2D eigenvalue weighted by Gasteiger charge is -2.35. The van der Waals surface area contributed by atoms with E-state index in [1.165, 1.54) is 9.80 Å². The number of nitrogens with zero attached hydrogens (tertiary/aromatic N) is 2. The molecule has 0 radical (unpaired) electrons. The fraction of sp³-hybridized carbons (Fsp3) is 0.769. The number of unbranched alkanes of at least 4 members (excludes halogenated alkanes) is 1. The van der Waals surface area contributed by atoms with Crippen molar-refractivity contribution in [2.24, 2.45) is 0 Å². The number of carbonyl (C=O) groups is 3. The monoisotopic (exact) mass is 270 g/mol. The molecule has 1 fully saturated rings. The first-order chi connectivity index (χ1) is 8.97. The predicted molar refractivity (Wildman–Crippen MR) is 69.3 cm³/mol. The van der Waals surface area contributed by atoms with Crippen LogP contribution >= 0.6 is 0 Å². The molecule has 0 bridgehead atoms. The van der Waals surface area contributed by atoms with Crippen LogP contribution in [0.5, 0.6) is 0 Å². The summed E-state index contributed by atoms with van der Waals surface area (Å²) in [4.78, 5) is 37.9. The summed E-state index contributed by atoms with van der Waals surface area (Å²) >= 11 is 0. The number of hydrogen-bond acceptors (Lipinski definition) is 4. The van der Waals surface area contributed by atoms with Crippen LogP contribution in [0.2, 0.25) is 0 Å². The Bertz CT molecular complexity index is 355. The van der Waals surface area contributed by atoms with Crippen LogP contribution in [-0.2, 0) is 19.1 Å². The summed E-state index contributed by atoms with van der Waals surface area (Å²) in [5.74, 6) is -1.61.